The van der Waals surface area contributed by atoms with Gasteiger partial charge in [0.15, 0.2) is 0 Å². The number of carbonyl (C=O) groups excluding carboxylic acids is 2. The molecular formula is C33H42ClN3O2. The lowest BCUT2D eigenvalue weighted by molar-refractivity contribution is -0.135. The summed E-state index contributed by atoms with van der Waals surface area (Å²) in [6.07, 6.45) is 8.48. The molecule has 0 atom stereocenters. The molecule has 0 saturated heterocycles. The Balaban J connectivity index is 1.56. The van der Waals surface area contributed by atoms with Crippen LogP contribution < -0.4 is 0 Å². The summed E-state index contributed by atoms with van der Waals surface area (Å²) in [6, 6.07) is 20.0. The summed E-state index contributed by atoms with van der Waals surface area (Å²) >= 11 is 6.45. The second-order valence-electron chi connectivity index (χ2n) is 11.2. The fourth-order valence-electron chi connectivity index (χ4n) is 5.53. The number of hydrogen-bond donors (Lipinski definition) is 0. The smallest absolute Gasteiger partial charge is 0.254 e. The first kappa shape index (κ1) is 28.9. The normalized spacial score (nSPS) is 14.0. The second kappa shape index (κ2) is 13.8. The van der Waals surface area contributed by atoms with Gasteiger partial charge in [0.05, 0.1) is 6.54 Å². The second-order valence-corrected chi connectivity index (χ2v) is 11.6. The molecule has 0 bridgehead atoms. The van der Waals surface area contributed by atoms with Crippen LogP contribution >= 0.6 is 11.6 Å². The molecule has 1 aliphatic rings. The molecular weight excluding hydrogens is 506 g/mol. The number of hydrogen-bond acceptors (Lipinski definition) is 2. The third-order valence-corrected chi connectivity index (χ3v) is 8.07. The molecule has 0 unspecified atom stereocenters. The zero-order valence-electron chi connectivity index (χ0n) is 23.6. The van der Waals surface area contributed by atoms with Crippen molar-refractivity contribution in [3.8, 4) is 0 Å². The van der Waals surface area contributed by atoms with Gasteiger partial charge in [0, 0.05) is 41.6 Å². The van der Waals surface area contributed by atoms with Crippen LogP contribution in [0.1, 0.15) is 80.1 Å². The molecule has 2 amide bonds. The van der Waals surface area contributed by atoms with Crippen LogP contribution in [-0.4, -0.2) is 45.3 Å². The van der Waals surface area contributed by atoms with E-state index in [9.17, 15) is 9.59 Å². The van der Waals surface area contributed by atoms with Gasteiger partial charge in [0.25, 0.3) is 5.91 Å². The van der Waals surface area contributed by atoms with Crippen LogP contribution in [0.2, 0.25) is 5.02 Å². The van der Waals surface area contributed by atoms with Gasteiger partial charge in [-0.1, -0.05) is 82.0 Å². The van der Waals surface area contributed by atoms with Gasteiger partial charge >= 0.3 is 0 Å². The summed E-state index contributed by atoms with van der Waals surface area (Å²) in [5, 5.41) is 0.743. The Kier molecular flexibility index (Phi) is 10.3. The fourth-order valence-corrected chi connectivity index (χ4v) is 5.72. The highest BCUT2D eigenvalue weighted by atomic mass is 35.5. The molecule has 0 spiro atoms. The average molecular weight is 548 g/mol. The van der Waals surface area contributed by atoms with E-state index in [1.807, 2.05) is 59.5 Å². The lowest BCUT2D eigenvalue weighted by Gasteiger charge is -2.36. The van der Waals surface area contributed by atoms with E-state index in [0.717, 1.165) is 48.4 Å². The molecule has 0 N–H and O–H groups in total. The Morgan fingerprint density at radius 1 is 0.974 bits per heavy atom. The summed E-state index contributed by atoms with van der Waals surface area (Å²) in [7, 11) is 0. The molecule has 1 fully saturated rings. The van der Waals surface area contributed by atoms with Crippen molar-refractivity contribution < 1.29 is 9.59 Å². The summed E-state index contributed by atoms with van der Waals surface area (Å²) in [5.41, 5.74) is 3.96. The largest absolute Gasteiger partial charge is 0.345 e. The van der Waals surface area contributed by atoms with Gasteiger partial charge in [0.1, 0.15) is 6.54 Å². The zero-order chi connectivity index (χ0) is 27.8. The van der Waals surface area contributed by atoms with Crippen LogP contribution in [-0.2, 0) is 24.3 Å². The number of aromatic nitrogens is 1. The Morgan fingerprint density at radius 2 is 1.69 bits per heavy atom. The maximum Gasteiger partial charge on any atom is 0.254 e. The highest BCUT2D eigenvalue weighted by Crippen LogP contribution is 2.26. The Morgan fingerprint density at radius 3 is 2.36 bits per heavy atom. The van der Waals surface area contributed by atoms with Crippen LogP contribution in [0, 0.1) is 5.92 Å². The number of halogens is 1. The van der Waals surface area contributed by atoms with E-state index in [-0.39, 0.29) is 30.3 Å². The molecule has 208 valence electrons. The number of aryl methyl sites for hydroxylation is 1. The van der Waals surface area contributed by atoms with Crippen LogP contribution in [0.25, 0.3) is 0 Å². The van der Waals surface area contributed by atoms with Crippen molar-refractivity contribution in [2.75, 3.05) is 13.1 Å². The van der Waals surface area contributed by atoms with Crippen molar-refractivity contribution in [1.82, 2.24) is 14.4 Å². The summed E-state index contributed by atoms with van der Waals surface area (Å²) < 4.78 is 2.18. The highest BCUT2D eigenvalue weighted by Gasteiger charge is 2.29. The van der Waals surface area contributed by atoms with E-state index in [1.165, 1.54) is 12.0 Å². The number of nitrogens with zero attached hydrogens (tertiary/aromatic N) is 3. The molecule has 5 nitrogen and oxygen atoms in total. The van der Waals surface area contributed by atoms with Gasteiger partial charge in [-0.25, -0.2) is 0 Å². The number of rotatable bonds is 11. The van der Waals surface area contributed by atoms with Gasteiger partial charge in [-0.3, -0.25) is 9.59 Å². The molecule has 4 rings (SSSR count). The van der Waals surface area contributed by atoms with Crippen molar-refractivity contribution in [1.29, 1.82) is 0 Å². The van der Waals surface area contributed by atoms with Gasteiger partial charge in [0.2, 0.25) is 5.91 Å². The van der Waals surface area contributed by atoms with E-state index in [4.69, 9.17) is 11.6 Å². The monoisotopic (exact) mass is 547 g/mol. The lowest BCUT2D eigenvalue weighted by atomic mass is 9.94. The van der Waals surface area contributed by atoms with E-state index < -0.39 is 0 Å². The first-order valence-electron chi connectivity index (χ1n) is 14.4. The molecule has 6 heteroatoms. The molecule has 1 aliphatic carbocycles. The summed E-state index contributed by atoms with van der Waals surface area (Å²) in [4.78, 5) is 31.4. The lowest BCUT2D eigenvalue weighted by Crippen LogP contribution is -2.48. The van der Waals surface area contributed by atoms with Crippen molar-refractivity contribution >= 4 is 23.4 Å². The molecule has 0 aliphatic heterocycles. The number of benzene rings is 2. The quantitative estimate of drug-likeness (QED) is 0.254. The van der Waals surface area contributed by atoms with Crippen molar-refractivity contribution in [3.05, 3.63) is 94.3 Å². The third kappa shape index (κ3) is 7.76. The predicted molar refractivity (Wildman–Crippen MR) is 159 cm³/mol. The van der Waals surface area contributed by atoms with Crippen LogP contribution in [0.5, 0.6) is 0 Å². The molecule has 0 radical (unpaired) electrons. The van der Waals surface area contributed by atoms with Gasteiger partial charge in [-0.2, -0.15) is 0 Å². The van der Waals surface area contributed by atoms with Crippen LogP contribution in [0.4, 0.5) is 0 Å². The van der Waals surface area contributed by atoms with Crippen molar-refractivity contribution in [2.24, 2.45) is 5.92 Å². The highest BCUT2D eigenvalue weighted by molar-refractivity contribution is 6.31. The fraction of sp³-hybridized carbons (Fsp3) is 0.455. The number of carbonyl (C=O) groups is 2. The maximum absolute atomic E-state index is 14.0. The zero-order valence-corrected chi connectivity index (χ0v) is 24.4. The molecule has 3 aromatic rings. The Bertz CT molecular complexity index is 1230. The minimum Gasteiger partial charge on any atom is -0.345 e. The minimum atomic E-state index is -0.0783. The Hall–Kier alpha value is -3.05. The molecule has 1 heterocycles. The van der Waals surface area contributed by atoms with Crippen molar-refractivity contribution in [3.63, 3.8) is 0 Å². The molecule has 1 aromatic heterocycles. The maximum atomic E-state index is 14.0. The van der Waals surface area contributed by atoms with Gasteiger partial charge in [-0.05, 0) is 66.6 Å². The van der Waals surface area contributed by atoms with Gasteiger partial charge in [-0.15, -0.1) is 0 Å². The first-order valence-corrected chi connectivity index (χ1v) is 14.8. The topological polar surface area (TPSA) is 45.6 Å². The number of amides is 2. The van der Waals surface area contributed by atoms with E-state index in [1.54, 1.807) is 4.90 Å². The third-order valence-electron chi connectivity index (χ3n) is 7.70. The van der Waals surface area contributed by atoms with E-state index in [0.29, 0.717) is 25.2 Å². The Labute approximate surface area is 238 Å². The molecule has 2 aromatic carbocycles. The minimum absolute atomic E-state index is 0.0200. The average Bonchev–Trinajstić information content (AvgIpc) is 3.39. The molecule has 1 saturated carbocycles. The standard InChI is InChI=1S/C33H42ClN3O2/c1-4-26-16-18-27(19-17-26)33(39)36(21-25(2)3)24-32(38)37(29-12-6-5-7-13-29)23-30-14-10-20-35(30)22-28-11-8-9-15-31(28)34/h8-11,14-20,25,29H,4-7,12-13,21-24H2,1-3H3. The first-order chi connectivity index (χ1) is 18.9. The summed E-state index contributed by atoms with van der Waals surface area (Å²) in [6.45, 7) is 8.09. The van der Waals surface area contributed by atoms with Crippen LogP contribution in [0.3, 0.4) is 0 Å². The van der Waals surface area contributed by atoms with Crippen molar-refractivity contribution in [2.45, 2.75) is 78.4 Å². The van der Waals surface area contributed by atoms with E-state index >= 15 is 0 Å². The van der Waals surface area contributed by atoms with Crippen LogP contribution in [0.15, 0.2) is 66.9 Å². The van der Waals surface area contributed by atoms with Gasteiger partial charge < -0.3 is 14.4 Å². The summed E-state index contributed by atoms with van der Waals surface area (Å²) in [5.74, 6) is 0.199. The SMILES string of the molecule is CCc1ccc(C(=O)N(CC(=O)N(Cc2cccn2Cc2ccccc2Cl)C2CCCCC2)CC(C)C)cc1. The van der Waals surface area contributed by atoms with E-state index in [2.05, 4.69) is 37.6 Å². The molecule has 39 heavy (non-hydrogen) atoms. The predicted octanol–water partition coefficient (Wildman–Crippen LogP) is 7.21.